The first-order chi connectivity index (χ1) is 21.4. The minimum Gasteiger partial charge on any atom is -0.406 e. The molecule has 1 aliphatic rings. The maximum Gasteiger partial charge on any atom is 0.573 e. The smallest absolute Gasteiger partial charge is 0.406 e. The summed E-state index contributed by atoms with van der Waals surface area (Å²) in [6.07, 6.45) is -3.29. The number of hydrogen-bond donors (Lipinski definition) is 0. The Morgan fingerprint density at radius 1 is 1.02 bits per heavy atom. The quantitative estimate of drug-likeness (QED) is 0.149. The first-order valence-corrected chi connectivity index (χ1v) is 15.1. The van der Waals surface area contributed by atoms with Gasteiger partial charge in [0.25, 0.3) is 0 Å². The average molecular weight is 639 g/mol. The molecule has 0 bridgehead atoms. The summed E-state index contributed by atoms with van der Waals surface area (Å²) >= 11 is 1.46. The Morgan fingerprint density at radius 2 is 1.73 bits per heavy atom. The molecular formula is C32H30F4N6O2S. The van der Waals surface area contributed by atoms with Gasteiger partial charge in [0.1, 0.15) is 17.9 Å². The second-order valence-electron chi connectivity index (χ2n) is 10.7. The van der Waals surface area contributed by atoms with E-state index in [0.29, 0.717) is 28.9 Å². The number of urea groups is 1. The van der Waals surface area contributed by atoms with Crippen LogP contribution in [-0.4, -0.2) is 50.3 Å². The third-order valence-corrected chi connectivity index (χ3v) is 8.22. The molecule has 1 saturated heterocycles. The van der Waals surface area contributed by atoms with E-state index in [-0.39, 0.29) is 23.4 Å². The predicted molar refractivity (Wildman–Crippen MR) is 168 cm³/mol. The summed E-state index contributed by atoms with van der Waals surface area (Å²) in [6, 6.07) is 16.9. The number of anilines is 1. The fourth-order valence-electron chi connectivity index (χ4n) is 4.79. The van der Waals surface area contributed by atoms with Gasteiger partial charge < -0.3 is 9.64 Å². The second-order valence-corrected chi connectivity index (χ2v) is 11.7. The van der Waals surface area contributed by atoms with E-state index in [4.69, 9.17) is 0 Å². The number of hydrogen-bond acceptors (Lipinski definition) is 5. The number of halogens is 4. The normalized spacial score (nSPS) is 15.6. The zero-order valence-corrected chi connectivity index (χ0v) is 25.7. The van der Waals surface area contributed by atoms with Crippen molar-refractivity contribution < 1.29 is 27.1 Å². The SMILES string of the molecule is CC(=NC(=O)N=C1SCCN1c1ccc(F)cc1C(C)C)C(C)c1ccc(-c2ncn(-c3ccc(OC(F)(F)F)cc3)n2)cc1. The van der Waals surface area contributed by atoms with Crippen molar-refractivity contribution in [3.8, 4) is 22.8 Å². The summed E-state index contributed by atoms with van der Waals surface area (Å²) in [7, 11) is 0. The van der Waals surface area contributed by atoms with Gasteiger partial charge in [0.2, 0.25) is 0 Å². The number of benzene rings is 3. The van der Waals surface area contributed by atoms with Gasteiger partial charge in [-0.25, -0.2) is 23.8 Å². The summed E-state index contributed by atoms with van der Waals surface area (Å²) in [5.41, 5.74) is 4.46. The Morgan fingerprint density at radius 3 is 2.40 bits per heavy atom. The van der Waals surface area contributed by atoms with Gasteiger partial charge in [0.15, 0.2) is 11.0 Å². The van der Waals surface area contributed by atoms with Crippen LogP contribution in [-0.2, 0) is 0 Å². The lowest BCUT2D eigenvalue weighted by Gasteiger charge is -2.23. The number of aliphatic imine (C=N–C) groups is 2. The first-order valence-electron chi connectivity index (χ1n) is 14.1. The van der Waals surface area contributed by atoms with Gasteiger partial charge in [-0.2, -0.15) is 4.99 Å². The summed E-state index contributed by atoms with van der Waals surface area (Å²) in [5, 5.41) is 4.98. The molecule has 2 amide bonds. The predicted octanol–water partition coefficient (Wildman–Crippen LogP) is 8.39. The Hall–Kier alpha value is -4.52. The topological polar surface area (TPSA) is 85.0 Å². The van der Waals surface area contributed by atoms with Crippen LogP contribution in [0.1, 0.15) is 50.7 Å². The lowest BCUT2D eigenvalue weighted by molar-refractivity contribution is -0.274. The van der Waals surface area contributed by atoms with Crippen LogP contribution in [0.5, 0.6) is 5.75 Å². The van der Waals surface area contributed by atoms with Gasteiger partial charge in [-0.3, -0.25) is 0 Å². The molecule has 45 heavy (non-hydrogen) atoms. The van der Waals surface area contributed by atoms with E-state index < -0.39 is 12.4 Å². The molecule has 1 aliphatic heterocycles. The highest BCUT2D eigenvalue weighted by Gasteiger charge is 2.31. The van der Waals surface area contributed by atoms with Crippen LogP contribution in [0.3, 0.4) is 0 Å². The van der Waals surface area contributed by atoms with E-state index in [1.807, 2.05) is 49.9 Å². The van der Waals surface area contributed by atoms with Crippen LogP contribution >= 0.6 is 11.8 Å². The number of amidine groups is 1. The largest absolute Gasteiger partial charge is 0.573 e. The molecule has 1 atom stereocenters. The van der Waals surface area contributed by atoms with Crippen LogP contribution in [0.25, 0.3) is 17.1 Å². The molecule has 3 aromatic carbocycles. The van der Waals surface area contributed by atoms with Crippen molar-refractivity contribution in [3.05, 3.63) is 90.0 Å². The van der Waals surface area contributed by atoms with E-state index in [2.05, 4.69) is 24.8 Å². The van der Waals surface area contributed by atoms with Crippen LogP contribution in [0.2, 0.25) is 0 Å². The number of amides is 2. The van der Waals surface area contributed by atoms with Crippen molar-refractivity contribution in [2.45, 2.75) is 45.9 Å². The van der Waals surface area contributed by atoms with Crippen LogP contribution in [0, 0.1) is 5.82 Å². The van der Waals surface area contributed by atoms with Gasteiger partial charge in [0.05, 0.1) is 5.69 Å². The second kappa shape index (κ2) is 13.2. The minimum atomic E-state index is -4.76. The van der Waals surface area contributed by atoms with Gasteiger partial charge in [-0.15, -0.1) is 18.3 Å². The zero-order valence-electron chi connectivity index (χ0n) is 24.9. The Bertz CT molecular complexity index is 1730. The molecule has 13 heteroatoms. The van der Waals surface area contributed by atoms with Crippen LogP contribution in [0.4, 0.5) is 28.0 Å². The van der Waals surface area contributed by atoms with Gasteiger partial charge in [-0.05, 0) is 66.4 Å². The van der Waals surface area contributed by atoms with Gasteiger partial charge >= 0.3 is 12.4 Å². The molecule has 234 valence electrons. The highest BCUT2D eigenvalue weighted by atomic mass is 32.2. The van der Waals surface area contributed by atoms with E-state index in [1.54, 1.807) is 13.0 Å². The number of aromatic nitrogens is 3. The number of thioether (sulfide) groups is 1. The third kappa shape index (κ3) is 7.77. The van der Waals surface area contributed by atoms with Gasteiger partial charge in [-0.1, -0.05) is 56.8 Å². The number of carbonyl (C=O) groups excluding carboxylic acids is 1. The summed E-state index contributed by atoms with van der Waals surface area (Å²) in [6.45, 7) is 8.37. The molecule has 8 nitrogen and oxygen atoms in total. The highest BCUT2D eigenvalue weighted by molar-refractivity contribution is 8.14. The Balaban J connectivity index is 1.26. The molecule has 1 fully saturated rings. The molecule has 4 aromatic rings. The third-order valence-electron chi connectivity index (χ3n) is 7.26. The Labute approximate surface area is 261 Å². The fraction of sp³-hybridized carbons (Fsp3) is 0.281. The maximum atomic E-state index is 13.9. The van der Waals surface area contributed by atoms with E-state index in [9.17, 15) is 22.4 Å². The summed E-state index contributed by atoms with van der Waals surface area (Å²) in [4.78, 5) is 27.7. The molecule has 1 aromatic heterocycles. The number of ether oxygens (including phenoxy) is 1. The number of nitrogens with zero attached hydrogens (tertiary/aromatic N) is 6. The summed E-state index contributed by atoms with van der Waals surface area (Å²) in [5.74, 6) is 0.477. The molecular weight excluding hydrogens is 608 g/mol. The van der Waals surface area contributed by atoms with E-state index in [1.165, 1.54) is 59.2 Å². The maximum absolute atomic E-state index is 13.9. The first kappa shape index (κ1) is 31.9. The van der Waals surface area contributed by atoms with Crippen molar-refractivity contribution in [1.29, 1.82) is 0 Å². The lowest BCUT2D eigenvalue weighted by atomic mass is 9.96. The monoisotopic (exact) mass is 638 g/mol. The van der Waals surface area contributed by atoms with E-state index in [0.717, 1.165) is 28.1 Å². The lowest BCUT2D eigenvalue weighted by Crippen LogP contribution is -2.26. The van der Waals surface area contributed by atoms with Crippen molar-refractivity contribution in [2.24, 2.45) is 9.98 Å². The number of rotatable bonds is 7. The summed E-state index contributed by atoms with van der Waals surface area (Å²) < 4.78 is 56.6. The molecule has 0 N–H and O–H groups in total. The fourth-order valence-corrected chi connectivity index (χ4v) is 5.73. The molecule has 0 spiro atoms. The zero-order chi connectivity index (χ0) is 32.3. The van der Waals surface area contributed by atoms with Crippen molar-refractivity contribution >= 4 is 34.4 Å². The molecule has 0 aliphatic carbocycles. The standard InChI is InChI=1S/C32H30F4N6O2S/c1-19(2)27-17-24(33)9-14-28(27)41-15-16-45-31(41)39-30(43)38-21(4)20(3)22-5-7-23(8-6-22)29-37-18-42(40-29)25-10-12-26(13-11-25)44-32(34,35)36/h5-14,17-20H,15-16H2,1-4H3. The highest BCUT2D eigenvalue weighted by Crippen LogP contribution is 2.33. The van der Waals surface area contributed by atoms with Crippen molar-refractivity contribution in [1.82, 2.24) is 14.8 Å². The van der Waals surface area contributed by atoms with Crippen LogP contribution < -0.4 is 9.64 Å². The minimum absolute atomic E-state index is 0.0970. The van der Waals surface area contributed by atoms with E-state index >= 15 is 0 Å². The molecule has 0 saturated carbocycles. The molecule has 0 radical (unpaired) electrons. The number of alkyl halides is 3. The van der Waals surface area contributed by atoms with Gasteiger partial charge in [0, 0.05) is 35.2 Å². The molecule has 1 unspecified atom stereocenters. The average Bonchev–Trinajstić information content (AvgIpc) is 3.67. The van der Waals surface area contributed by atoms with Crippen molar-refractivity contribution in [2.75, 3.05) is 17.2 Å². The van der Waals surface area contributed by atoms with Crippen LogP contribution in [0.15, 0.2) is 83.0 Å². The molecule has 5 rings (SSSR count). The molecule has 2 heterocycles. The Kier molecular flexibility index (Phi) is 9.37. The number of carbonyl (C=O) groups is 1. The van der Waals surface area contributed by atoms with Crippen molar-refractivity contribution in [3.63, 3.8) is 0 Å².